The monoisotopic (exact) mass is 235 g/mol. The highest BCUT2D eigenvalue weighted by Gasteiger charge is 2.12. The third-order valence-corrected chi connectivity index (χ3v) is 3.60. The zero-order valence-electron chi connectivity index (χ0n) is 9.33. The molecule has 1 aromatic carbocycles. The zero-order valence-corrected chi connectivity index (χ0v) is 10.1. The predicted molar refractivity (Wildman–Crippen MR) is 67.2 cm³/mol. The van der Waals surface area contributed by atoms with E-state index in [1.165, 1.54) is 6.07 Å². The Labute approximate surface area is 98.9 Å². The average molecular weight is 235 g/mol. The molecule has 0 spiro atoms. The minimum Gasteiger partial charge on any atom is -0.313 e. The predicted octanol–water partition coefficient (Wildman–Crippen LogP) is 3.83. The molecule has 2 aromatic rings. The zero-order chi connectivity index (χ0) is 11.5. The van der Waals surface area contributed by atoms with Crippen LogP contribution in [-0.2, 0) is 0 Å². The van der Waals surface area contributed by atoms with Gasteiger partial charge in [-0.1, -0.05) is 12.1 Å². The van der Waals surface area contributed by atoms with Crippen LogP contribution in [0.5, 0.6) is 0 Å². The van der Waals surface area contributed by atoms with Crippen LogP contribution in [-0.4, -0.2) is 7.05 Å². The lowest BCUT2D eigenvalue weighted by Gasteiger charge is -2.15. The summed E-state index contributed by atoms with van der Waals surface area (Å²) in [6.45, 7) is 2.07. The van der Waals surface area contributed by atoms with Crippen molar-refractivity contribution in [2.24, 2.45) is 0 Å². The first kappa shape index (κ1) is 11.3. The van der Waals surface area contributed by atoms with Crippen molar-refractivity contribution in [3.8, 4) is 10.4 Å². The van der Waals surface area contributed by atoms with Gasteiger partial charge in [-0.3, -0.25) is 0 Å². The summed E-state index contributed by atoms with van der Waals surface area (Å²) in [4.78, 5) is 1.11. The third kappa shape index (κ3) is 2.15. The molecule has 0 aliphatic heterocycles. The Morgan fingerprint density at radius 2 is 2.12 bits per heavy atom. The maximum Gasteiger partial charge on any atom is 0.123 e. The molecule has 1 nitrogen and oxygen atoms in total. The topological polar surface area (TPSA) is 12.0 Å². The highest BCUT2D eigenvalue weighted by Crippen LogP contribution is 2.31. The van der Waals surface area contributed by atoms with Gasteiger partial charge in [-0.2, -0.15) is 0 Å². The van der Waals surface area contributed by atoms with Crippen molar-refractivity contribution >= 4 is 11.3 Å². The fourth-order valence-electron chi connectivity index (χ4n) is 1.71. The van der Waals surface area contributed by atoms with Crippen LogP contribution in [0.15, 0.2) is 35.7 Å². The number of halogens is 1. The Bertz CT molecular complexity index is 465. The van der Waals surface area contributed by atoms with Gasteiger partial charge in [0.05, 0.1) is 0 Å². The molecule has 0 amide bonds. The maximum atomic E-state index is 13.3. The molecule has 1 atom stereocenters. The second-order valence-electron chi connectivity index (χ2n) is 3.72. The quantitative estimate of drug-likeness (QED) is 0.852. The lowest BCUT2D eigenvalue weighted by molar-refractivity contribution is 0.620. The van der Waals surface area contributed by atoms with Gasteiger partial charge in [-0.05, 0) is 48.7 Å². The molecule has 0 aliphatic rings. The van der Waals surface area contributed by atoms with E-state index in [0.29, 0.717) is 0 Å². The van der Waals surface area contributed by atoms with Gasteiger partial charge in [0, 0.05) is 10.9 Å². The first-order chi connectivity index (χ1) is 7.72. The fraction of sp³-hybridized carbons (Fsp3) is 0.231. The van der Waals surface area contributed by atoms with Crippen molar-refractivity contribution in [2.75, 3.05) is 7.05 Å². The lowest BCUT2D eigenvalue weighted by Crippen LogP contribution is -2.13. The number of hydrogen-bond acceptors (Lipinski definition) is 2. The van der Waals surface area contributed by atoms with Gasteiger partial charge in [-0.25, -0.2) is 4.39 Å². The largest absolute Gasteiger partial charge is 0.313 e. The average Bonchev–Trinajstić information content (AvgIpc) is 2.81. The van der Waals surface area contributed by atoms with E-state index >= 15 is 0 Å². The molecule has 1 unspecified atom stereocenters. The van der Waals surface area contributed by atoms with Crippen molar-refractivity contribution < 1.29 is 4.39 Å². The Morgan fingerprint density at radius 3 is 2.75 bits per heavy atom. The highest BCUT2D eigenvalue weighted by atomic mass is 32.1. The Morgan fingerprint density at radius 1 is 1.31 bits per heavy atom. The number of benzene rings is 1. The molecule has 0 aliphatic carbocycles. The molecule has 2 rings (SSSR count). The first-order valence-electron chi connectivity index (χ1n) is 5.23. The molecule has 0 bridgehead atoms. The lowest BCUT2D eigenvalue weighted by atomic mass is 10.0. The van der Waals surface area contributed by atoms with Crippen LogP contribution in [0, 0.1) is 5.82 Å². The molecule has 0 saturated carbocycles. The van der Waals surface area contributed by atoms with Crippen LogP contribution in [0.2, 0.25) is 0 Å². The van der Waals surface area contributed by atoms with Crippen LogP contribution < -0.4 is 5.32 Å². The summed E-state index contributed by atoms with van der Waals surface area (Å²) in [5.41, 5.74) is 2.11. The molecule has 0 fully saturated rings. The van der Waals surface area contributed by atoms with Crippen LogP contribution in [0.1, 0.15) is 18.5 Å². The van der Waals surface area contributed by atoms with Crippen molar-refractivity contribution in [3.05, 3.63) is 47.1 Å². The van der Waals surface area contributed by atoms with Crippen LogP contribution in [0.4, 0.5) is 4.39 Å². The van der Waals surface area contributed by atoms with Gasteiger partial charge in [0.1, 0.15) is 5.82 Å². The SMILES string of the molecule is CNC(C)c1ccc(F)cc1-c1cccs1. The second kappa shape index (κ2) is 4.76. The standard InChI is InChI=1S/C13H14FNS/c1-9(15-2)11-6-5-10(14)8-12(11)13-4-3-7-16-13/h3-9,15H,1-2H3. The smallest absolute Gasteiger partial charge is 0.123 e. The van der Waals surface area contributed by atoms with E-state index in [4.69, 9.17) is 0 Å². The van der Waals surface area contributed by atoms with Crippen molar-refractivity contribution in [1.29, 1.82) is 0 Å². The van der Waals surface area contributed by atoms with Crippen molar-refractivity contribution in [3.63, 3.8) is 0 Å². The summed E-state index contributed by atoms with van der Waals surface area (Å²) in [5.74, 6) is -0.185. The normalized spacial score (nSPS) is 12.7. The van der Waals surface area contributed by atoms with E-state index in [-0.39, 0.29) is 11.9 Å². The number of hydrogen-bond donors (Lipinski definition) is 1. The molecule has 1 heterocycles. The van der Waals surface area contributed by atoms with E-state index in [0.717, 1.165) is 16.0 Å². The number of thiophene rings is 1. The van der Waals surface area contributed by atoms with Gasteiger partial charge < -0.3 is 5.32 Å². The van der Waals surface area contributed by atoms with Crippen LogP contribution in [0.3, 0.4) is 0 Å². The number of rotatable bonds is 3. The summed E-state index contributed by atoms with van der Waals surface area (Å²) in [7, 11) is 1.91. The molecule has 1 aromatic heterocycles. The van der Waals surface area contributed by atoms with Gasteiger partial charge >= 0.3 is 0 Å². The molecule has 0 saturated heterocycles. The third-order valence-electron chi connectivity index (χ3n) is 2.70. The van der Waals surface area contributed by atoms with Crippen molar-refractivity contribution in [2.45, 2.75) is 13.0 Å². The summed E-state index contributed by atoms with van der Waals surface area (Å²) in [5, 5.41) is 5.19. The summed E-state index contributed by atoms with van der Waals surface area (Å²) in [6, 6.07) is 9.20. The number of nitrogens with one attached hydrogen (secondary N) is 1. The van der Waals surface area contributed by atoms with Gasteiger partial charge in [-0.15, -0.1) is 11.3 Å². The summed E-state index contributed by atoms with van der Waals surface area (Å²) < 4.78 is 13.3. The molecule has 3 heteroatoms. The molecule has 84 valence electrons. The van der Waals surface area contributed by atoms with E-state index < -0.39 is 0 Å². The van der Waals surface area contributed by atoms with Crippen LogP contribution >= 0.6 is 11.3 Å². The highest BCUT2D eigenvalue weighted by molar-refractivity contribution is 7.13. The Hall–Kier alpha value is -1.19. The molecular weight excluding hydrogens is 221 g/mol. The second-order valence-corrected chi connectivity index (χ2v) is 4.67. The van der Waals surface area contributed by atoms with E-state index in [1.54, 1.807) is 17.4 Å². The maximum absolute atomic E-state index is 13.3. The molecular formula is C13H14FNS. The molecule has 1 N–H and O–H groups in total. The first-order valence-corrected chi connectivity index (χ1v) is 6.11. The van der Waals surface area contributed by atoms with E-state index in [2.05, 4.69) is 12.2 Å². The fourth-order valence-corrected chi connectivity index (χ4v) is 2.47. The van der Waals surface area contributed by atoms with Crippen molar-refractivity contribution in [1.82, 2.24) is 5.32 Å². The van der Waals surface area contributed by atoms with E-state index in [1.807, 2.05) is 30.6 Å². The van der Waals surface area contributed by atoms with Gasteiger partial charge in [0.15, 0.2) is 0 Å². The molecule has 16 heavy (non-hydrogen) atoms. The Kier molecular flexibility index (Phi) is 3.36. The minimum atomic E-state index is -0.185. The minimum absolute atomic E-state index is 0.185. The van der Waals surface area contributed by atoms with Gasteiger partial charge in [0.2, 0.25) is 0 Å². The van der Waals surface area contributed by atoms with Gasteiger partial charge in [0.25, 0.3) is 0 Å². The van der Waals surface area contributed by atoms with E-state index in [9.17, 15) is 4.39 Å². The summed E-state index contributed by atoms with van der Waals surface area (Å²) in [6.07, 6.45) is 0. The van der Waals surface area contributed by atoms with Crippen LogP contribution in [0.25, 0.3) is 10.4 Å². The Balaban J connectivity index is 2.53. The molecule has 0 radical (unpaired) electrons. The summed E-state index contributed by atoms with van der Waals surface area (Å²) >= 11 is 1.63.